The monoisotopic (exact) mass is 302 g/mol. The smallest absolute Gasteiger partial charge is 0.305 e. The fraction of sp³-hybridized carbons (Fsp3) is 0.533. The molecule has 0 unspecified atom stereocenters. The van der Waals surface area contributed by atoms with E-state index in [4.69, 9.17) is 0 Å². The molecule has 1 aliphatic heterocycles. The molecule has 0 saturated heterocycles. The Morgan fingerprint density at radius 2 is 2.18 bits per heavy atom. The van der Waals surface area contributed by atoms with E-state index >= 15 is 0 Å². The number of aromatic nitrogens is 2. The largest absolute Gasteiger partial charge is 0.326 e. The zero-order valence-corrected chi connectivity index (χ0v) is 12.4. The maximum atomic E-state index is 12.2. The quantitative estimate of drug-likeness (QED) is 0.692. The molecule has 0 spiro atoms. The van der Waals surface area contributed by atoms with E-state index in [0.29, 0.717) is 18.6 Å². The molecule has 22 heavy (non-hydrogen) atoms. The molecule has 1 N–H and O–H groups in total. The van der Waals surface area contributed by atoms with E-state index in [2.05, 4.69) is 16.8 Å². The summed E-state index contributed by atoms with van der Waals surface area (Å²) in [7, 11) is 0. The number of rotatable bonds is 3. The van der Waals surface area contributed by atoms with Gasteiger partial charge in [0.2, 0.25) is 0 Å². The minimum absolute atomic E-state index is 0.0387. The summed E-state index contributed by atoms with van der Waals surface area (Å²) in [6.45, 7) is 4.41. The lowest BCUT2D eigenvalue weighted by Gasteiger charge is -2.27. The first-order valence-corrected chi connectivity index (χ1v) is 7.67. The first-order valence-electron chi connectivity index (χ1n) is 7.67. The predicted molar refractivity (Wildman–Crippen MR) is 81.8 cm³/mol. The number of aromatic amines is 1. The summed E-state index contributed by atoms with van der Waals surface area (Å²) in [4.78, 5) is 28.0. The maximum absolute atomic E-state index is 12.2. The fourth-order valence-electron chi connectivity index (χ4n) is 3.41. The molecule has 2 aliphatic rings. The zero-order valence-electron chi connectivity index (χ0n) is 12.4. The number of benzene rings is 1. The molecular formula is C15H18N4O3. The van der Waals surface area contributed by atoms with Gasteiger partial charge < -0.3 is 4.98 Å². The lowest BCUT2D eigenvalue weighted by Crippen LogP contribution is -2.37. The predicted octanol–water partition coefficient (Wildman–Crippen LogP) is 1.85. The number of hydrogen-bond donors (Lipinski definition) is 1. The summed E-state index contributed by atoms with van der Waals surface area (Å²) in [5.74, 6) is 0.743. The summed E-state index contributed by atoms with van der Waals surface area (Å²) < 4.78 is 1.73. The minimum atomic E-state index is -0.398. The van der Waals surface area contributed by atoms with Crippen molar-refractivity contribution in [3.63, 3.8) is 0 Å². The average molecular weight is 302 g/mol. The van der Waals surface area contributed by atoms with Crippen LogP contribution in [-0.2, 0) is 13.1 Å². The lowest BCUT2D eigenvalue weighted by atomic mass is 10.1. The van der Waals surface area contributed by atoms with Crippen LogP contribution >= 0.6 is 0 Å². The Hall–Kier alpha value is -2.15. The first-order chi connectivity index (χ1) is 10.5. The topological polar surface area (TPSA) is 84.2 Å². The summed E-state index contributed by atoms with van der Waals surface area (Å²) in [5, 5.41) is 11.1. The van der Waals surface area contributed by atoms with Gasteiger partial charge in [0.15, 0.2) is 0 Å². The van der Waals surface area contributed by atoms with E-state index in [0.717, 1.165) is 23.5 Å². The number of non-ortho nitro benzene ring substituents is 1. The maximum Gasteiger partial charge on any atom is 0.326 e. The van der Waals surface area contributed by atoms with Gasteiger partial charge in [-0.2, -0.15) is 0 Å². The van der Waals surface area contributed by atoms with Crippen molar-refractivity contribution in [2.24, 2.45) is 5.92 Å². The second-order valence-electron chi connectivity index (χ2n) is 6.52. The number of nitro benzene ring substituents is 1. The van der Waals surface area contributed by atoms with Crippen LogP contribution in [0.2, 0.25) is 0 Å². The zero-order chi connectivity index (χ0) is 15.4. The molecule has 2 aromatic rings. The van der Waals surface area contributed by atoms with Gasteiger partial charge in [-0.05, 0) is 31.2 Å². The van der Waals surface area contributed by atoms with Crippen LogP contribution in [0.15, 0.2) is 16.9 Å². The van der Waals surface area contributed by atoms with Crippen LogP contribution in [0.25, 0.3) is 11.0 Å². The second-order valence-corrected chi connectivity index (χ2v) is 6.52. The molecule has 1 aromatic heterocycles. The van der Waals surface area contributed by atoms with Gasteiger partial charge in [-0.3, -0.25) is 19.6 Å². The van der Waals surface area contributed by atoms with Crippen LogP contribution < -0.4 is 5.69 Å². The first kappa shape index (κ1) is 13.5. The van der Waals surface area contributed by atoms with Crippen molar-refractivity contribution in [1.29, 1.82) is 0 Å². The number of H-pyrrole nitrogens is 1. The number of nitrogens with one attached hydrogen (secondary N) is 1. The van der Waals surface area contributed by atoms with E-state index in [1.807, 2.05) is 0 Å². The Labute approximate surface area is 126 Å². The van der Waals surface area contributed by atoms with Gasteiger partial charge in [-0.1, -0.05) is 0 Å². The Morgan fingerprint density at radius 3 is 2.86 bits per heavy atom. The van der Waals surface area contributed by atoms with Gasteiger partial charge in [-0.25, -0.2) is 4.79 Å². The van der Waals surface area contributed by atoms with Crippen molar-refractivity contribution < 1.29 is 4.92 Å². The van der Waals surface area contributed by atoms with E-state index in [1.165, 1.54) is 18.9 Å². The molecule has 0 radical (unpaired) electrons. The SMILES string of the molecule is C[C@H]1Cn2c(=O)[nH]c3cc([N+](=O)[O-])cc(c32)CN1CC1CC1. The van der Waals surface area contributed by atoms with Crippen molar-refractivity contribution in [1.82, 2.24) is 14.5 Å². The molecule has 2 heterocycles. The molecule has 1 aromatic carbocycles. The van der Waals surface area contributed by atoms with Gasteiger partial charge in [0.05, 0.1) is 16.0 Å². The molecule has 116 valence electrons. The minimum Gasteiger partial charge on any atom is -0.305 e. The van der Waals surface area contributed by atoms with Gasteiger partial charge in [-0.15, -0.1) is 0 Å². The molecule has 1 fully saturated rings. The highest BCUT2D eigenvalue weighted by Crippen LogP contribution is 2.33. The number of nitro groups is 1. The molecular weight excluding hydrogens is 284 g/mol. The summed E-state index contributed by atoms with van der Waals surface area (Å²) >= 11 is 0. The summed E-state index contributed by atoms with van der Waals surface area (Å²) in [6, 6.07) is 3.31. The summed E-state index contributed by atoms with van der Waals surface area (Å²) in [5.41, 5.74) is 2.11. The standard InChI is InChI=1S/C15H18N4O3/c1-9-6-18-14-11(8-17(9)7-10-2-3-10)4-12(19(21)22)5-13(14)16-15(18)20/h4-5,9-10H,2-3,6-8H2,1H3,(H,16,20)/t9-/m0/s1. The number of nitrogens with zero attached hydrogens (tertiary/aromatic N) is 3. The molecule has 4 rings (SSSR count). The van der Waals surface area contributed by atoms with Crippen LogP contribution in [-0.4, -0.2) is 32.0 Å². The molecule has 1 atom stereocenters. The van der Waals surface area contributed by atoms with Crippen LogP contribution in [0.5, 0.6) is 0 Å². The van der Waals surface area contributed by atoms with Gasteiger partial charge in [0.25, 0.3) is 5.69 Å². The molecule has 7 heteroatoms. The highest BCUT2D eigenvalue weighted by molar-refractivity contribution is 5.82. The highest BCUT2D eigenvalue weighted by Gasteiger charge is 2.30. The van der Waals surface area contributed by atoms with Crippen molar-refractivity contribution >= 4 is 16.7 Å². The Bertz CT molecular complexity index is 818. The molecule has 1 saturated carbocycles. The van der Waals surface area contributed by atoms with E-state index in [-0.39, 0.29) is 17.4 Å². The van der Waals surface area contributed by atoms with Crippen LogP contribution in [0.3, 0.4) is 0 Å². The summed E-state index contributed by atoms with van der Waals surface area (Å²) in [6.07, 6.45) is 2.53. The second kappa shape index (κ2) is 4.67. The average Bonchev–Trinajstić information content (AvgIpc) is 3.23. The van der Waals surface area contributed by atoms with Crippen molar-refractivity contribution in [3.05, 3.63) is 38.3 Å². The molecule has 1 aliphatic carbocycles. The van der Waals surface area contributed by atoms with Gasteiger partial charge in [0, 0.05) is 37.8 Å². The molecule has 7 nitrogen and oxygen atoms in total. The Balaban J connectivity index is 1.86. The highest BCUT2D eigenvalue weighted by atomic mass is 16.6. The third-order valence-electron chi connectivity index (χ3n) is 4.77. The molecule has 0 amide bonds. The lowest BCUT2D eigenvalue weighted by molar-refractivity contribution is -0.384. The Morgan fingerprint density at radius 1 is 1.41 bits per heavy atom. The molecule has 0 bridgehead atoms. The Kier molecular flexibility index (Phi) is 2.87. The fourth-order valence-corrected chi connectivity index (χ4v) is 3.41. The third-order valence-corrected chi connectivity index (χ3v) is 4.77. The van der Waals surface area contributed by atoms with E-state index in [1.54, 1.807) is 10.6 Å². The van der Waals surface area contributed by atoms with Crippen LogP contribution in [0.1, 0.15) is 25.3 Å². The van der Waals surface area contributed by atoms with Crippen molar-refractivity contribution in [2.45, 2.75) is 38.9 Å². The van der Waals surface area contributed by atoms with Crippen molar-refractivity contribution in [3.8, 4) is 0 Å². The van der Waals surface area contributed by atoms with Crippen LogP contribution in [0, 0.1) is 16.0 Å². The third kappa shape index (κ3) is 2.12. The van der Waals surface area contributed by atoms with E-state index in [9.17, 15) is 14.9 Å². The van der Waals surface area contributed by atoms with Gasteiger partial charge >= 0.3 is 5.69 Å². The number of imidazole rings is 1. The van der Waals surface area contributed by atoms with E-state index < -0.39 is 4.92 Å². The van der Waals surface area contributed by atoms with Gasteiger partial charge in [0.1, 0.15) is 0 Å². The normalized spacial score (nSPS) is 22.0. The number of hydrogen-bond acceptors (Lipinski definition) is 4. The van der Waals surface area contributed by atoms with Crippen molar-refractivity contribution in [2.75, 3.05) is 6.54 Å². The van der Waals surface area contributed by atoms with Crippen LogP contribution in [0.4, 0.5) is 5.69 Å².